The smallest absolute Gasteiger partial charge is 0.250 e. The van der Waals surface area contributed by atoms with Crippen LogP contribution in [-0.2, 0) is 31.1 Å². The van der Waals surface area contributed by atoms with Crippen LogP contribution in [0, 0.1) is 18.8 Å². The topological polar surface area (TPSA) is 140 Å². The molecule has 1 spiro atoms. The number of halogens is 1. The zero-order valence-corrected chi connectivity index (χ0v) is 21.3. The van der Waals surface area contributed by atoms with Crippen LogP contribution < -0.4 is 25.8 Å². The molecule has 2 fully saturated rings. The second-order valence-corrected chi connectivity index (χ2v) is 10.0. The van der Waals surface area contributed by atoms with Crippen molar-refractivity contribution in [3.05, 3.63) is 52.0 Å². The number of carbonyl (C=O) groups excluding carboxylic acids is 4. The van der Waals surface area contributed by atoms with E-state index in [1.807, 2.05) is 6.07 Å². The minimum absolute atomic E-state index is 0.0998. The molecule has 4 atom stereocenters. The number of nitrogens with zero attached hydrogens (tertiary/aromatic N) is 1. The van der Waals surface area contributed by atoms with Gasteiger partial charge >= 0.3 is 0 Å². The Bertz CT molecular complexity index is 1350. The highest BCUT2D eigenvalue weighted by Crippen LogP contribution is 2.54. The molecule has 3 heterocycles. The van der Waals surface area contributed by atoms with E-state index in [0.717, 1.165) is 11.1 Å². The summed E-state index contributed by atoms with van der Waals surface area (Å²) in [5.74, 6) is -2.89. The molecule has 10 nitrogen and oxygen atoms in total. The van der Waals surface area contributed by atoms with Crippen LogP contribution in [0.5, 0.6) is 11.5 Å². The van der Waals surface area contributed by atoms with Crippen LogP contribution >= 0.6 is 11.6 Å². The molecule has 194 valence electrons. The molecule has 2 aromatic rings. The highest BCUT2D eigenvalue weighted by atomic mass is 35.5. The minimum Gasteiger partial charge on any atom is -0.493 e. The molecule has 0 aliphatic carbocycles. The van der Waals surface area contributed by atoms with E-state index in [9.17, 15) is 19.2 Å². The Labute approximate surface area is 218 Å². The van der Waals surface area contributed by atoms with Gasteiger partial charge in [-0.25, -0.2) is 0 Å². The van der Waals surface area contributed by atoms with E-state index in [0.29, 0.717) is 34.2 Å². The molecule has 3 aliphatic heterocycles. The fourth-order valence-electron chi connectivity index (χ4n) is 5.98. The van der Waals surface area contributed by atoms with E-state index in [1.165, 1.54) is 19.1 Å². The molecule has 4 N–H and O–H groups in total. The normalized spacial score (nSPS) is 25.9. The summed E-state index contributed by atoms with van der Waals surface area (Å²) in [5, 5.41) is 6.43. The molecule has 0 saturated carbocycles. The third-order valence-electron chi connectivity index (χ3n) is 7.57. The number of amides is 4. The van der Waals surface area contributed by atoms with Crippen molar-refractivity contribution in [3.63, 3.8) is 0 Å². The molecule has 0 radical (unpaired) electrons. The first-order valence-electron chi connectivity index (χ1n) is 11.9. The van der Waals surface area contributed by atoms with Crippen LogP contribution in [0.15, 0.2) is 30.3 Å². The summed E-state index contributed by atoms with van der Waals surface area (Å²) in [7, 11) is 3.07. The number of aryl methyl sites for hydroxylation is 1. The highest BCUT2D eigenvalue weighted by molar-refractivity contribution is 6.31. The number of imide groups is 1. The molecule has 0 bridgehead atoms. The van der Waals surface area contributed by atoms with Gasteiger partial charge in [0.1, 0.15) is 5.54 Å². The standard InChI is InChI=1S/C26H27ClN4O6/c1-12-8-14(27)10-15-22(12)29-25(35)26(15)21-20(16(30-26)11-19(28)32)23(33)31(24(21)34)7-6-13-4-5-17(36-2)18(9-13)37-3/h4-5,8-10,16,20-21,30H,6-7,11H2,1-3H3,(H2,28,32)(H,29,35)/t16-,20+,21+,26-/m0/s1. The van der Waals surface area contributed by atoms with E-state index in [1.54, 1.807) is 31.2 Å². The van der Waals surface area contributed by atoms with Crippen molar-refractivity contribution in [2.45, 2.75) is 31.3 Å². The van der Waals surface area contributed by atoms with Crippen LogP contribution in [0.2, 0.25) is 5.02 Å². The van der Waals surface area contributed by atoms with Crippen LogP contribution in [0.3, 0.4) is 0 Å². The lowest BCUT2D eigenvalue weighted by Crippen LogP contribution is -2.53. The van der Waals surface area contributed by atoms with Gasteiger partial charge in [-0.05, 0) is 48.7 Å². The number of ether oxygens (including phenoxy) is 2. The average Bonchev–Trinajstić information content (AvgIpc) is 3.42. The van der Waals surface area contributed by atoms with Crippen LogP contribution in [0.4, 0.5) is 5.69 Å². The van der Waals surface area contributed by atoms with Gasteiger partial charge in [0.05, 0.1) is 26.1 Å². The number of methoxy groups -OCH3 is 2. The summed E-state index contributed by atoms with van der Waals surface area (Å²) in [5.41, 5.74) is 6.55. The van der Waals surface area contributed by atoms with E-state index in [2.05, 4.69) is 10.6 Å². The van der Waals surface area contributed by atoms with Crippen LogP contribution in [-0.4, -0.2) is 55.3 Å². The molecule has 2 aromatic carbocycles. The van der Waals surface area contributed by atoms with Gasteiger partial charge in [-0.3, -0.25) is 29.4 Å². The molecule has 4 amide bonds. The SMILES string of the molecule is COc1ccc(CCN2C(=O)[C@@H]3[C@H](CC(N)=O)N[C@]4(C(=O)Nc5c(C)cc(Cl)cc54)[C@H]3C2=O)cc1OC. The third kappa shape index (κ3) is 3.74. The highest BCUT2D eigenvalue weighted by Gasteiger charge is 2.70. The molecule has 11 heteroatoms. The Morgan fingerprint density at radius 2 is 1.84 bits per heavy atom. The Balaban J connectivity index is 1.51. The maximum Gasteiger partial charge on any atom is 0.250 e. The molecule has 2 saturated heterocycles. The van der Waals surface area contributed by atoms with E-state index in [-0.39, 0.29) is 13.0 Å². The number of nitrogens with one attached hydrogen (secondary N) is 2. The summed E-state index contributed by atoms with van der Waals surface area (Å²) in [6, 6.07) is 7.92. The number of nitrogens with two attached hydrogens (primary N) is 1. The minimum atomic E-state index is -1.54. The lowest BCUT2D eigenvalue weighted by molar-refractivity contribution is -0.142. The summed E-state index contributed by atoms with van der Waals surface area (Å²) in [4.78, 5) is 54.1. The van der Waals surface area contributed by atoms with Crippen LogP contribution in [0.1, 0.15) is 23.1 Å². The van der Waals surface area contributed by atoms with Gasteiger partial charge in [0.15, 0.2) is 11.5 Å². The first-order valence-corrected chi connectivity index (χ1v) is 12.2. The number of hydrogen-bond donors (Lipinski definition) is 3. The quantitative estimate of drug-likeness (QED) is 0.464. The molecule has 0 unspecified atom stereocenters. The Morgan fingerprint density at radius 1 is 1.11 bits per heavy atom. The maximum absolute atomic E-state index is 13.9. The van der Waals surface area contributed by atoms with Crippen molar-refractivity contribution in [2.24, 2.45) is 17.6 Å². The molecule has 3 aliphatic rings. The first kappa shape index (κ1) is 25.0. The molecular formula is C26H27ClN4O6. The van der Waals surface area contributed by atoms with E-state index >= 15 is 0 Å². The molecule has 5 rings (SSSR count). The van der Waals surface area contributed by atoms with Gasteiger partial charge in [-0.1, -0.05) is 17.7 Å². The fourth-order valence-corrected chi connectivity index (χ4v) is 6.26. The summed E-state index contributed by atoms with van der Waals surface area (Å²) in [6.45, 7) is 1.90. The van der Waals surface area contributed by atoms with E-state index in [4.69, 9.17) is 26.8 Å². The van der Waals surface area contributed by atoms with Gasteiger partial charge < -0.3 is 20.5 Å². The van der Waals surface area contributed by atoms with Crippen LogP contribution in [0.25, 0.3) is 0 Å². The number of primary amides is 1. The predicted molar refractivity (Wildman–Crippen MR) is 134 cm³/mol. The summed E-state index contributed by atoms with van der Waals surface area (Å²) >= 11 is 6.34. The average molecular weight is 527 g/mol. The summed E-state index contributed by atoms with van der Waals surface area (Å²) < 4.78 is 10.6. The number of carbonyl (C=O) groups is 4. The number of anilines is 1. The Morgan fingerprint density at radius 3 is 2.51 bits per heavy atom. The van der Waals surface area contributed by atoms with Crippen molar-refractivity contribution in [2.75, 3.05) is 26.1 Å². The number of hydrogen-bond acceptors (Lipinski definition) is 7. The largest absolute Gasteiger partial charge is 0.493 e. The zero-order valence-electron chi connectivity index (χ0n) is 20.6. The number of rotatable bonds is 7. The lowest BCUT2D eigenvalue weighted by atomic mass is 9.76. The van der Waals surface area contributed by atoms with Gasteiger partial charge in [-0.2, -0.15) is 0 Å². The van der Waals surface area contributed by atoms with Gasteiger partial charge in [0.25, 0.3) is 0 Å². The molecule has 0 aromatic heterocycles. The second kappa shape index (κ2) is 9.04. The summed E-state index contributed by atoms with van der Waals surface area (Å²) in [6.07, 6.45) is 0.166. The first-order chi connectivity index (χ1) is 17.6. The zero-order chi connectivity index (χ0) is 26.6. The van der Waals surface area contributed by atoms with Gasteiger partial charge in [0.2, 0.25) is 23.6 Å². The fraction of sp³-hybridized carbons (Fsp3) is 0.385. The monoisotopic (exact) mass is 526 g/mol. The van der Waals surface area contributed by atoms with Crippen molar-refractivity contribution in [1.82, 2.24) is 10.2 Å². The van der Waals surface area contributed by atoms with Crippen molar-refractivity contribution in [1.29, 1.82) is 0 Å². The number of benzene rings is 2. The van der Waals surface area contributed by atoms with Crippen molar-refractivity contribution in [3.8, 4) is 11.5 Å². The predicted octanol–water partition coefficient (Wildman–Crippen LogP) is 1.50. The lowest BCUT2D eigenvalue weighted by Gasteiger charge is -2.29. The van der Waals surface area contributed by atoms with E-state index < -0.39 is 47.0 Å². The molecule has 37 heavy (non-hydrogen) atoms. The Kier molecular flexibility index (Phi) is 6.12. The number of fused-ring (bicyclic) bond motifs is 4. The third-order valence-corrected chi connectivity index (χ3v) is 7.79. The number of likely N-dealkylation sites (tertiary alicyclic amines) is 1. The Hall–Kier alpha value is -3.63. The molecular weight excluding hydrogens is 500 g/mol. The van der Waals surface area contributed by atoms with Crippen molar-refractivity contribution >= 4 is 40.9 Å². The van der Waals surface area contributed by atoms with Crippen molar-refractivity contribution < 1.29 is 28.7 Å². The van der Waals surface area contributed by atoms with Gasteiger partial charge in [0, 0.05) is 35.3 Å². The second-order valence-electron chi connectivity index (χ2n) is 9.60. The van der Waals surface area contributed by atoms with Gasteiger partial charge in [-0.15, -0.1) is 0 Å². The maximum atomic E-state index is 13.9.